The first kappa shape index (κ1) is 13.3. The molecule has 0 saturated carbocycles. The Kier molecular flexibility index (Phi) is 3.58. The Morgan fingerprint density at radius 1 is 0.950 bits per heavy atom. The molecule has 0 bridgehead atoms. The molecular formula is C14H10Br2N4. The van der Waals surface area contributed by atoms with Crippen LogP contribution in [-0.4, -0.2) is 14.8 Å². The van der Waals surface area contributed by atoms with Crippen LogP contribution in [0.2, 0.25) is 0 Å². The van der Waals surface area contributed by atoms with Gasteiger partial charge in [0.2, 0.25) is 0 Å². The number of benzene rings is 1. The van der Waals surface area contributed by atoms with E-state index in [1.165, 1.54) is 0 Å². The summed E-state index contributed by atoms with van der Waals surface area (Å²) in [6.07, 6.45) is 1.72. The fourth-order valence-electron chi connectivity index (χ4n) is 1.83. The molecule has 1 aromatic carbocycles. The van der Waals surface area contributed by atoms with Gasteiger partial charge in [-0.15, -0.1) is 0 Å². The van der Waals surface area contributed by atoms with E-state index in [4.69, 9.17) is 5.73 Å². The number of hydrogen-bond acceptors (Lipinski definition) is 3. The molecule has 0 aliphatic heterocycles. The Labute approximate surface area is 132 Å². The van der Waals surface area contributed by atoms with Gasteiger partial charge in [0, 0.05) is 26.8 Å². The van der Waals surface area contributed by atoms with Crippen molar-refractivity contribution in [3.8, 4) is 17.1 Å². The predicted molar refractivity (Wildman–Crippen MR) is 86.6 cm³/mol. The van der Waals surface area contributed by atoms with Gasteiger partial charge in [-0.1, -0.05) is 28.1 Å². The minimum atomic E-state index is 0.553. The second-order valence-corrected chi connectivity index (χ2v) is 6.04. The van der Waals surface area contributed by atoms with Gasteiger partial charge >= 0.3 is 0 Å². The first-order chi connectivity index (χ1) is 9.63. The number of anilines is 1. The van der Waals surface area contributed by atoms with E-state index in [0.29, 0.717) is 11.6 Å². The zero-order valence-corrected chi connectivity index (χ0v) is 13.5. The van der Waals surface area contributed by atoms with Crippen LogP contribution in [0.5, 0.6) is 0 Å². The maximum absolute atomic E-state index is 6.02. The molecule has 0 radical (unpaired) electrons. The third kappa shape index (κ3) is 2.62. The highest BCUT2D eigenvalue weighted by Gasteiger charge is 2.09. The van der Waals surface area contributed by atoms with Gasteiger partial charge in [0.15, 0.2) is 5.82 Å². The van der Waals surface area contributed by atoms with Gasteiger partial charge in [0.1, 0.15) is 5.82 Å². The maximum atomic E-state index is 6.02. The lowest BCUT2D eigenvalue weighted by atomic mass is 10.2. The van der Waals surface area contributed by atoms with Crippen LogP contribution in [0.15, 0.2) is 57.6 Å². The van der Waals surface area contributed by atoms with E-state index in [1.807, 2.05) is 42.5 Å². The highest BCUT2D eigenvalue weighted by molar-refractivity contribution is 9.10. The van der Waals surface area contributed by atoms with E-state index in [9.17, 15) is 0 Å². The average molecular weight is 394 g/mol. The molecule has 2 N–H and O–H groups in total. The minimum absolute atomic E-state index is 0.553. The summed E-state index contributed by atoms with van der Waals surface area (Å²) >= 11 is 6.77. The van der Waals surface area contributed by atoms with Gasteiger partial charge in [0.25, 0.3) is 0 Å². The summed E-state index contributed by atoms with van der Waals surface area (Å²) in [5, 5.41) is 4.51. The largest absolute Gasteiger partial charge is 0.384 e. The average Bonchev–Trinajstić information content (AvgIpc) is 2.82. The van der Waals surface area contributed by atoms with Crippen LogP contribution in [0.1, 0.15) is 0 Å². The molecule has 0 saturated heterocycles. The summed E-state index contributed by atoms with van der Waals surface area (Å²) in [4.78, 5) is 4.30. The number of nitrogens with two attached hydrogens (primary N) is 1. The van der Waals surface area contributed by atoms with Crippen molar-refractivity contribution < 1.29 is 0 Å². The number of aromatic nitrogens is 3. The van der Waals surface area contributed by atoms with Crippen molar-refractivity contribution in [2.75, 3.05) is 5.73 Å². The van der Waals surface area contributed by atoms with Gasteiger partial charge in [-0.05, 0) is 40.2 Å². The maximum Gasteiger partial charge on any atom is 0.155 e. The summed E-state index contributed by atoms with van der Waals surface area (Å²) in [5.41, 5.74) is 7.85. The molecule has 20 heavy (non-hydrogen) atoms. The normalized spacial score (nSPS) is 10.7. The van der Waals surface area contributed by atoms with E-state index in [0.717, 1.165) is 20.2 Å². The molecule has 2 heterocycles. The molecule has 4 nitrogen and oxygen atoms in total. The molecule has 0 aliphatic carbocycles. The summed E-state index contributed by atoms with van der Waals surface area (Å²) in [6.45, 7) is 0. The van der Waals surface area contributed by atoms with Crippen LogP contribution in [-0.2, 0) is 0 Å². The molecular weight excluding hydrogens is 384 g/mol. The molecule has 0 fully saturated rings. The van der Waals surface area contributed by atoms with Crippen LogP contribution in [0.4, 0.5) is 5.82 Å². The number of rotatable bonds is 2. The molecule has 3 rings (SSSR count). The van der Waals surface area contributed by atoms with Gasteiger partial charge in [-0.25, -0.2) is 4.98 Å². The Morgan fingerprint density at radius 3 is 2.30 bits per heavy atom. The Balaban J connectivity index is 2.02. The molecule has 0 aliphatic rings. The van der Waals surface area contributed by atoms with E-state index in [1.54, 1.807) is 10.9 Å². The second-order valence-electron chi connectivity index (χ2n) is 4.21. The van der Waals surface area contributed by atoms with Crippen molar-refractivity contribution in [1.29, 1.82) is 0 Å². The van der Waals surface area contributed by atoms with Gasteiger partial charge in [-0.3, -0.25) is 0 Å². The van der Waals surface area contributed by atoms with E-state index in [-0.39, 0.29) is 0 Å². The van der Waals surface area contributed by atoms with Gasteiger partial charge in [-0.2, -0.15) is 9.78 Å². The summed E-state index contributed by atoms with van der Waals surface area (Å²) in [5.74, 6) is 1.24. The molecule has 6 heteroatoms. The lowest BCUT2D eigenvalue weighted by Gasteiger charge is -2.02. The van der Waals surface area contributed by atoms with Gasteiger partial charge < -0.3 is 5.73 Å². The monoisotopic (exact) mass is 392 g/mol. The smallest absolute Gasteiger partial charge is 0.155 e. The lowest BCUT2D eigenvalue weighted by molar-refractivity contribution is 0.859. The van der Waals surface area contributed by atoms with Crippen molar-refractivity contribution in [1.82, 2.24) is 14.8 Å². The van der Waals surface area contributed by atoms with E-state index >= 15 is 0 Å². The van der Waals surface area contributed by atoms with Crippen molar-refractivity contribution in [3.63, 3.8) is 0 Å². The van der Waals surface area contributed by atoms with Gasteiger partial charge in [0.05, 0.1) is 5.69 Å². The number of pyridine rings is 1. The van der Waals surface area contributed by atoms with Crippen molar-refractivity contribution in [2.24, 2.45) is 0 Å². The Bertz CT molecular complexity index is 733. The molecule has 0 amide bonds. The molecule has 0 spiro atoms. The topological polar surface area (TPSA) is 56.7 Å². The van der Waals surface area contributed by atoms with Crippen LogP contribution in [0, 0.1) is 0 Å². The first-order valence-electron chi connectivity index (χ1n) is 5.87. The predicted octanol–water partition coefficient (Wildman–Crippen LogP) is 4.04. The third-order valence-electron chi connectivity index (χ3n) is 2.81. The highest BCUT2D eigenvalue weighted by atomic mass is 79.9. The third-order valence-corrected chi connectivity index (χ3v) is 3.80. The quantitative estimate of drug-likeness (QED) is 0.714. The molecule has 3 aromatic rings. The Morgan fingerprint density at radius 2 is 1.65 bits per heavy atom. The van der Waals surface area contributed by atoms with Crippen molar-refractivity contribution >= 4 is 37.7 Å². The number of hydrogen-bond donors (Lipinski definition) is 1. The molecule has 100 valence electrons. The highest BCUT2D eigenvalue weighted by Crippen LogP contribution is 2.24. The van der Waals surface area contributed by atoms with E-state index in [2.05, 4.69) is 41.9 Å². The van der Waals surface area contributed by atoms with Crippen molar-refractivity contribution in [3.05, 3.63) is 57.6 Å². The number of nitrogens with zero attached hydrogens (tertiary/aromatic N) is 3. The SMILES string of the molecule is Nc1cc(-c2ccc(Br)cc2)nn1-c1ccc(Br)cn1. The second kappa shape index (κ2) is 5.38. The lowest BCUT2D eigenvalue weighted by Crippen LogP contribution is -2.03. The molecule has 0 atom stereocenters. The first-order valence-corrected chi connectivity index (χ1v) is 7.45. The van der Waals surface area contributed by atoms with Crippen LogP contribution in [0.3, 0.4) is 0 Å². The minimum Gasteiger partial charge on any atom is -0.384 e. The Hall–Kier alpha value is -1.66. The van der Waals surface area contributed by atoms with Crippen LogP contribution in [0.25, 0.3) is 17.1 Å². The zero-order chi connectivity index (χ0) is 14.1. The fourth-order valence-corrected chi connectivity index (χ4v) is 2.33. The standard InChI is InChI=1S/C14H10Br2N4/c15-10-3-1-9(2-4-10)12-7-13(17)20(19-12)14-6-5-11(16)8-18-14/h1-8H,17H2. The fraction of sp³-hybridized carbons (Fsp3) is 0. The molecule has 2 aromatic heterocycles. The van der Waals surface area contributed by atoms with Crippen LogP contribution >= 0.6 is 31.9 Å². The number of halogens is 2. The summed E-state index contributed by atoms with van der Waals surface area (Å²) in [6, 6.07) is 13.5. The summed E-state index contributed by atoms with van der Waals surface area (Å²) in [7, 11) is 0. The van der Waals surface area contributed by atoms with Crippen LogP contribution < -0.4 is 5.73 Å². The molecule has 0 unspecified atom stereocenters. The van der Waals surface area contributed by atoms with Crippen molar-refractivity contribution in [2.45, 2.75) is 0 Å². The van der Waals surface area contributed by atoms with E-state index < -0.39 is 0 Å². The summed E-state index contributed by atoms with van der Waals surface area (Å²) < 4.78 is 3.58. The number of nitrogen functional groups attached to an aromatic ring is 1. The zero-order valence-electron chi connectivity index (χ0n) is 10.3.